The first-order chi connectivity index (χ1) is 11.8. The molecule has 2 aliphatic heterocycles. The number of carbonyl (C=O) groups excluding carboxylic acids is 3. The molecule has 1 saturated heterocycles. The molecule has 0 bridgehead atoms. The van der Waals surface area contributed by atoms with Gasteiger partial charge in [0.25, 0.3) is 5.91 Å². The smallest absolute Gasteiger partial charge is 0.255 e. The quantitative estimate of drug-likeness (QED) is 0.389. The minimum Gasteiger partial charge on any atom is -0.322 e. The highest BCUT2D eigenvalue weighted by atomic mass is 127. The third-order valence-corrected chi connectivity index (χ3v) is 7.06. The minimum atomic E-state index is -3.49. The average molecular weight is 476 g/mol. The summed E-state index contributed by atoms with van der Waals surface area (Å²) >= 11 is 2.12. The van der Waals surface area contributed by atoms with Crippen LogP contribution in [-0.4, -0.2) is 47.3 Å². The van der Waals surface area contributed by atoms with Crippen LogP contribution in [0.1, 0.15) is 35.2 Å². The Labute approximate surface area is 159 Å². The zero-order valence-corrected chi connectivity index (χ0v) is 16.3. The second kappa shape index (κ2) is 7.02. The molecule has 1 aromatic rings. The minimum absolute atomic E-state index is 0.0268. The molecule has 1 N–H and O–H groups in total. The zero-order valence-electron chi connectivity index (χ0n) is 13.3. The lowest BCUT2D eigenvalue weighted by Crippen LogP contribution is -2.52. The lowest BCUT2D eigenvalue weighted by molar-refractivity contribution is -0.136. The maximum Gasteiger partial charge on any atom is 0.255 e. The maximum absolute atomic E-state index is 12.7. The van der Waals surface area contributed by atoms with Crippen LogP contribution in [-0.2, 0) is 26.0 Å². The lowest BCUT2D eigenvalue weighted by atomic mass is 10.0. The number of hydrogen-bond acceptors (Lipinski definition) is 5. The number of benzene rings is 1. The first kappa shape index (κ1) is 18.3. The van der Waals surface area contributed by atoms with Gasteiger partial charge in [0.2, 0.25) is 11.8 Å². The van der Waals surface area contributed by atoms with Gasteiger partial charge in [-0.05, 0) is 25.0 Å². The third kappa shape index (κ3) is 3.43. The summed E-state index contributed by atoms with van der Waals surface area (Å²) in [5.74, 6) is -1.20. The van der Waals surface area contributed by atoms with Crippen molar-refractivity contribution < 1.29 is 22.8 Å². The van der Waals surface area contributed by atoms with E-state index in [1.807, 2.05) is 0 Å². The van der Waals surface area contributed by atoms with Crippen molar-refractivity contribution in [3.8, 4) is 0 Å². The molecule has 134 valence electrons. The number of carbonyl (C=O) groups is 3. The molecule has 0 aromatic heterocycles. The Morgan fingerprint density at radius 3 is 2.68 bits per heavy atom. The fraction of sp³-hybridized carbons (Fsp3) is 0.438. The van der Waals surface area contributed by atoms with Gasteiger partial charge < -0.3 is 4.90 Å². The van der Waals surface area contributed by atoms with Crippen molar-refractivity contribution in [1.29, 1.82) is 0 Å². The molecular weight excluding hydrogens is 459 g/mol. The number of alkyl halides is 1. The van der Waals surface area contributed by atoms with Gasteiger partial charge in [-0.15, -0.1) is 0 Å². The first-order valence-corrected chi connectivity index (χ1v) is 11.1. The Bertz CT molecular complexity index is 852. The summed E-state index contributed by atoms with van der Waals surface area (Å²) < 4.78 is 25.9. The molecule has 1 fully saturated rings. The SMILES string of the molecule is O=C1CCC(N2Cc3c(cccc3S(=O)(=O)CCCI)C2=O)C(=O)N1. The topological polar surface area (TPSA) is 101 Å². The second-order valence-electron chi connectivity index (χ2n) is 6.04. The number of fused-ring (bicyclic) bond motifs is 1. The first-order valence-electron chi connectivity index (χ1n) is 7.90. The molecule has 7 nitrogen and oxygen atoms in total. The van der Waals surface area contributed by atoms with Crippen LogP contribution in [0.25, 0.3) is 0 Å². The van der Waals surface area contributed by atoms with Gasteiger partial charge in [-0.3, -0.25) is 19.7 Å². The number of rotatable bonds is 5. The largest absolute Gasteiger partial charge is 0.322 e. The van der Waals surface area contributed by atoms with E-state index >= 15 is 0 Å². The number of imide groups is 1. The van der Waals surface area contributed by atoms with Crippen LogP contribution in [0.4, 0.5) is 0 Å². The van der Waals surface area contributed by atoms with E-state index in [9.17, 15) is 22.8 Å². The van der Waals surface area contributed by atoms with Gasteiger partial charge in [-0.2, -0.15) is 0 Å². The number of piperidine rings is 1. The highest BCUT2D eigenvalue weighted by molar-refractivity contribution is 14.1. The van der Waals surface area contributed by atoms with Crippen LogP contribution in [0.15, 0.2) is 23.1 Å². The van der Waals surface area contributed by atoms with Gasteiger partial charge in [0, 0.05) is 28.5 Å². The molecule has 0 saturated carbocycles. The van der Waals surface area contributed by atoms with Crippen molar-refractivity contribution in [2.24, 2.45) is 0 Å². The molecule has 0 spiro atoms. The molecule has 1 atom stereocenters. The number of amides is 3. The van der Waals surface area contributed by atoms with E-state index in [2.05, 4.69) is 27.9 Å². The number of hydrogen-bond donors (Lipinski definition) is 1. The van der Waals surface area contributed by atoms with E-state index in [-0.39, 0.29) is 41.8 Å². The van der Waals surface area contributed by atoms with Gasteiger partial charge in [-0.25, -0.2) is 8.42 Å². The molecule has 9 heteroatoms. The Kier molecular flexibility index (Phi) is 5.14. The Balaban J connectivity index is 1.93. The van der Waals surface area contributed by atoms with Gasteiger partial charge in [-0.1, -0.05) is 28.7 Å². The number of nitrogens with zero attached hydrogens (tertiary/aromatic N) is 1. The van der Waals surface area contributed by atoms with Crippen LogP contribution in [0.5, 0.6) is 0 Å². The third-order valence-electron chi connectivity index (χ3n) is 4.42. The molecule has 1 unspecified atom stereocenters. The van der Waals surface area contributed by atoms with Crippen LogP contribution in [0.2, 0.25) is 0 Å². The van der Waals surface area contributed by atoms with Crippen LogP contribution in [0, 0.1) is 0 Å². The van der Waals surface area contributed by atoms with Crippen molar-refractivity contribution in [3.05, 3.63) is 29.3 Å². The Hall–Kier alpha value is -1.49. The van der Waals surface area contributed by atoms with E-state index in [4.69, 9.17) is 0 Å². The summed E-state index contributed by atoms with van der Waals surface area (Å²) in [6.45, 7) is 0.0695. The maximum atomic E-state index is 12.7. The van der Waals surface area contributed by atoms with Gasteiger partial charge >= 0.3 is 0 Å². The standard InChI is InChI=1S/C16H17IN2O5S/c17-7-2-8-25(23,24)13-4-1-3-10-11(13)9-19(16(10)22)12-5-6-14(20)18-15(12)21/h1,3-4,12H,2,5-9H2,(H,18,20,21). The lowest BCUT2D eigenvalue weighted by Gasteiger charge is -2.29. The number of halogens is 1. The average Bonchev–Trinajstić information content (AvgIpc) is 2.90. The van der Waals surface area contributed by atoms with E-state index in [0.29, 0.717) is 17.5 Å². The van der Waals surface area contributed by atoms with E-state index in [0.717, 1.165) is 4.43 Å². The fourth-order valence-corrected chi connectivity index (χ4v) is 5.68. The van der Waals surface area contributed by atoms with Crippen LogP contribution >= 0.6 is 22.6 Å². The molecule has 25 heavy (non-hydrogen) atoms. The molecule has 3 amide bonds. The van der Waals surface area contributed by atoms with E-state index in [1.165, 1.54) is 11.0 Å². The van der Waals surface area contributed by atoms with E-state index < -0.39 is 21.8 Å². The Morgan fingerprint density at radius 1 is 1.24 bits per heavy atom. The predicted octanol–water partition coefficient (Wildman–Crippen LogP) is 1.05. The van der Waals surface area contributed by atoms with Crippen molar-refractivity contribution in [1.82, 2.24) is 10.2 Å². The monoisotopic (exact) mass is 476 g/mol. The fourth-order valence-electron chi connectivity index (χ4n) is 3.20. The molecule has 1 aromatic carbocycles. The van der Waals surface area contributed by atoms with Crippen molar-refractivity contribution in [2.45, 2.75) is 36.7 Å². The van der Waals surface area contributed by atoms with Crippen LogP contribution in [0.3, 0.4) is 0 Å². The molecule has 0 aliphatic carbocycles. The summed E-state index contributed by atoms with van der Waals surface area (Å²) in [6, 6.07) is 3.91. The summed E-state index contributed by atoms with van der Waals surface area (Å²) in [7, 11) is -3.49. The molecule has 2 heterocycles. The highest BCUT2D eigenvalue weighted by Crippen LogP contribution is 2.32. The second-order valence-corrected chi connectivity index (χ2v) is 9.20. The van der Waals surface area contributed by atoms with Gasteiger partial charge in [0.1, 0.15) is 6.04 Å². The van der Waals surface area contributed by atoms with Crippen molar-refractivity contribution >= 4 is 50.1 Å². The predicted molar refractivity (Wildman–Crippen MR) is 98.0 cm³/mol. The summed E-state index contributed by atoms with van der Waals surface area (Å²) in [4.78, 5) is 37.6. The van der Waals surface area contributed by atoms with Gasteiger partial charge in [0.15, 0.2) is 9.84 Å². The number of sulfone groups is 1. The van der Waals surface area contributed by atoms with Crippen molar-refractivity contribution in [3.63, 3.8) is 0 Å². The molecule has 0 radical (unpaired) electrons. The van der Waals surface area contributed by atoms with E-state index in [1.54, 1.807) is 12.1 Å². The molecular formula is C16H17IN2O5S. The highest BCUT2D eigenvalue weighted by Gasteiger charge is 2.40. The summed E-state index contributed by atoms with van der Waals surface area (Å²) in [6.07, 6.45) is 0.954. The van der Waals surface area contributed by atoms with Gasteiger partial charge in [0.05, 0.1) is 10.6 Å². The van der Waals surface area contributed by atoms with Crippen molar-refractivity contribution in [2.75, 3.05) is 10.2 Å². The summed E-state index contributed by atoms with van der Waals surface area (Å²) in [5.41, 5.74) is 0.769. The Morgan fingerprint density at radius 2 is 2.00 bits per heavy atom. The molecule has 2 aliphatic rings. The molecule has 3 rings (SSSR count). The summed E-state index contributed by atoms with van der Waals surface area (Å²) in [5, 5.41) is 2.24. The number of nitrogens with one attached hydrogen (secondary N) is 1. The van der Waals surface area contributed by atoms with Crippen LogP contribution < -0.4 is 5.32 Å². The zero-order chi connectivity index (χ0) is 18.2. The normalized spacial score (nSPS) is 20.6.